The number of sulfonamides is 1. The van der Waals surface area contributed by atoms with E-state index in [1.165, 1.54) is 15.6 Å². The fraction of sp³-hybridized carbons (Fsp3) is 0.286. The Labute approximate surface area is 141 Å². The van der Waals surface area contributed by atoms with Crippen molar-refractivity contribution in [1.29, 1.82) is 0 Å². The van der Waals surface area contributed by atoms with Crippen LogP contribution in [0.2, 0.25) is 0 Å². The van der Waals surface area contributed by atoms with E-state index in [9.17, 15) is 8.42 Å². The Morgan fingerprint density at radius 2 is 1.95 bits per heavy atom. The molecule has 0 amide bonds. The summed E-state index contributed by atoms with van der Waals surface area (Å²) >= 11 is 4.67. The average Bonchev–Trinajstić information content (AvgIpc) is 3.03. The second kappa shape index (κ2) is 6.19. The topological polar surface area (TPSA) is 55.8 Å². The zero-order chi connectivity index (χ0) is 15.7. The molecule has 118 valence electrons. The van der Waals surface area contributed by atoms with E-state index in [-0.39, 0.29) is 6.54 Å². The molecule has 0 saturated heterocycles. The lowest BCUT2D eigenvalue weighted by Gasteiger charge is -2.22. The van der Waals surface area contributed by atoms with E-state index in [0.717, 1.165) is 10.0 Å². The van der Waals surface area contributed by atoms with Gasteiger partial charge in [0.2, 0.25) is 0 Å². The molecule has 0 bridgehead atoms. The Hall–Kier alpha value is -1.09. The van der Waals surface area contributed by atoms with Gasteiger partial charge in [0.15, 0.2) is 11.5 Å². The fourth-order valence-corrected chi connectivity index (χ4v) is 4.91. The number of hydrogen-bond acceptors (Lipinski definition) is 5. The van der Waals surface area contributed by atoms with Gasteiger partial charge in [-0.3, -0.25) is 0 Å². The molecular formula is C14H14BrNO4S2. The SMILES string of the molecule is CN(Cc1cc2c(cc1Br)OCCO2)S(=O)(=O)c1cccs1. The van der Waals surface area contributed by atoms with Crippen LogP contribution in [0.15, 0.2) is 38.3 Å². The summed E-state index contributed by atoms with van der Waals surface area (Å²) in [7, 11) is -1.91. The van der Waals surface area contributed by atoms with Crippen LogP contribution in [0.1, 0.15) is 5.56 Å². The highest BCUT2D eigenvalue weighted by atomic mass is 79.9. The summed E-state index contributed by atoms with van der Waals surface area (Å²) in [5, 5.41) is 1.75. The lowest BCUT2D eigenvalue weighted by atomic mass is 10.2. The smallest absolute Gasteiger partial charge is 0.252 e. The quantitative estimate of drug-likeness (QED) is 0.786. The van der Waals surface area contributed by atoms with Crippen molar-refractivity contribution in [2.75, 3.05) is 20.3 Å². The van der Waals surface area contributed by atoms with Gasteiger partial charge in [-0.1, -0.05) is 22.0 Å². The first kappa shape index (κ1) is 15.8. The number of rotatable bonds is 4. The van der Waals surface area contributed by atoms with E-state index in [2.05, 4.69) is 15.9 Å². The summed E-state index contributed by atoms with van der Waals surface area (Å²) in [6, 6.07) is 6.97. The van der Waals surface area contributed by atoms with Crippen molar-refractivity contribution in [3.05, 3.63) is 39.7 Å². The molecule has 0 N–H and O–H groups in total. The van der Waals surface area contributed by atoms with Crippen LogP contribution in [-0.2, 0) is 16.6 Å². The monoisotopic (exact) mass is 403 g/mol. The number of fused-ring (bicyclic) bond motifs is 1. The lowest BCUT2D eigenvalue weighted by Crippen LogP contribution is -2.26. The van der Waals surface area contributed by atoms with Crippen LogP contribution in [0.5, 0.6) is 11.5 Å². The Bertz CT molecular complexity index is 774. The highest BCUT2D eigenvalue weighted by Gasteiger charge is 2.23. The third-order valence-corrected chi connectivity index (χ3v) is 7.18. The molecule has 1 aliphatic heterocycles. The summed E-state index contributed by atoms with van der Waals surface area (Å²) in [5.74, 6) is 1.32. The maximum Gasteiger partial charge on any atom is 0.252 e. The first-order valence-corrected chi connectivity index (χ1v) is 9.67. The van der Waals surface area contributed by atoms with Crippen molar-refractivity contribution < 1.29 is 17.9 Å². The van der Waals surface area contributed by atoms with Gasteiger partial charge in [-0.25, -0.2) is 8.42 Å². The number of halogens is 1. The number of benzene rings is 1. The van der Waals surface area contributed by atoms with Gasteiger partial charge < -0.3 is 9.47 Å². The highest BCUT2D eigenvalue weighted by molar-refractivity contribution is 9.10. The van der Waals surface area contributed by atoms with Crippen LogP contribution >= 0.6 is 27.3 Å². The van der Waals surface area contributed by atoms with Crippen LogP contribution in [0.3, 0.4) is 0 Å². The summed E-state index contributed by atoms with van der Waals surface area (Å²) in [4.78, 5) is 0. The molecule has 0 aliphatic carbocycles. The van der Waals surface area contributed by atoms with E-state index in [1.807, 2.05) is 12.1 Å². The molecule has 2 aromatic rings. The van der Waals surface area contributed by atoms with E-state index in [4.69, 9.17) is 9.47 Å². The molecule has 22 heavy (non-hydrogen) atoms. The Morgan fingerprint density at radius 1 is 1.27 bits per heavy atom. The largest absolute Gasteiger partial charge is 0.486 e. The van der Waals surface area contributed by atoms with Crippen molar-refractivity contribution in [2.45, 2.75) is 10.8 Å². The summed E-state index contributed by atoms with van der Waals surface area (Å²) < 4.78 is 38.4. The van der Waals surface area contributed by atoms with E-state index < -0.39 is 10.0 Å². The fourth-order valence-electron chi connectivity index (χ4n) is 2.12. The second-order valence-electron chi connectivity index (χ2n) is 4.78. The molecule has 1 aromatic carbocycles. The van der Waals surface area contributed by atoms with Gasteiger partial charge in [-0.2, -0.15) is 4.31 Å². The molecule has 8 heteroatoms. The number of thiophene rings is 1. The molecule has 0 atom stereocenters. The normalized spacial score (nSPS) is 14.3. The predicted octanol–water partition coefficient (Wildman–Crippen LogP) is 3.10. The molecule has 0 saturated carbocycles. The van der Waals surface area contributed by atoms with Crippen molar-refractivity contribution in [3.63, 3.8) is 0 Å². The molecule has 1 aliphatic rings. The van der Waals surface area contributed by atoms with Crippen molar-refractivity contribution in [2.24, 2.45) is 0 Å². The molecule has 2 heterocycles. The molecule has 0 fully saturated rings. The number of nitrogens with zero attached hydrogens (tertiary/aromatic N) is 1. The number of hydrogen-bond donors (Lipinski definition) is 0. The predicted molar refractivity (Wildman–Crippen MR) is 88.1 cm³/mol. The standard InChI is InChI=1S/C14H14BrNO4S2/c1-16(22(17,18)14-3-2-6-21-14)9-10-7-12-13(8-11(10)15)20-5-4-19-12/h2-3,6-8H,4-5,9H2,1H3. The molecule has 0 spiro atoms. The van der Waals surface area contributed by atoms with Crippen LogP contribution in [-0.4, -0.2) is 33.0 Å². The van der Waals surface area contributed by atoms with Gasteiger partial charge in [0, 0.05) is 18.1 Å². The first-order chi connectivity index (χ1) is 10.5. The van der Waals surface area contributed by atoms with E-state index in [0.29, 0.717) is 28.9 Å². The average molecular weight is 404 g/mol. The zero-order valence-corrected chi connectivity index (χ0v) is 15.0. The molecule has 3 rings (SSSR count). The van der Waals surface area contributed by atoms with Crippen LogP contribution < -0.4 is 9.47 Å². The maximum absolute atomic E-state index is 12.5. The minimum absolute atomic E-state index is 0.247. The van der Waals surface area contributed by atoms with Crippen molar-refractivity contribution in [1.82, 2.24) is 4.31 Å². The lowest BCUT2D eigenvalue weighted by molar-refractivity contribution is 0.171. The van der Waals surface area contributed by atoms with Crippen LogP contribution in [0, 0.1) is 0 Å². The Balaban J connectivity index is 1.87. The minimum Gasteiger partial charge on any atom is -0.486 e. The molecule has 5 nitrogen and oxygen atoms in total. The molecule has 0 radical (unpaired) electrons. The van der Waals surface area contributed by atoms with Gasteiger partial charge in [0.25, 0.3) is 10.0 Å². The maximum atomic E-state index is 12.5. The van der Waals surface area contributed by atoms with Gasteiger partial charge in [-0.15, -0.1) is 11.3 Å². The Kier molecular flexibility index (Phi) is 4.44. The molecule has 0 unspecified atom stereocenters. The van der Waals surface area contributed by atoms with E-state index >= 15 is 0 Å². The van der Waals surface area contributed by atoms with Gasteiger partial charge in [-0.05, 0) is 29.1 Å². The third kappa shape index (κ3) is 3.01. The Morgan fingerprint density at radius 3 is 2.59 bits per heavy atom. The summed E-state index contributed by atoms with van der Waals surface area (Å²) in [5.41, 5.74) is 0.826. The minimum atomic E-state index is -3.47. The first-order valence-electron chi connectivity index (χ1n) is 6.56. The third-order valence-electron chi connectivity index (χ3n) is 3.26. The van der Waals surface area contributed by atoms with Crippen LogP contribution in [0.25, 0.3) is 0 Å². The number of ether oxygens (including phenoxy) is 2. The highest BCUT2D eigenvalue weighted by Crippen LogP contribution is 2.36. The van der Waals surface area contributed by atoms with Crippen molar-refractivity contribution in [3.8, 4) is 11.5 Å². The summed E-state index contributed by atoms with van der Waals surface area (Å²) in [6.45, 7) is 1.26. The van der Waals surface area contributed by atoms with Crippen LogP contribution in [0.4, 0.5) is 0 Å². The zero-order valence-electron chi connectivity index (χ0n) is 11.8. The second-order valence-corrected chi connectivity index (χ2v) is 8.85. The molecular weight excluding hydrogens is 390 g/mol. The van der Waals surface area contributed by atoms with Crippen molar-refractivity contribution >= 4 is 37.3 Å². The van der Waals surface area contributed by atoms with Gasteiger partial charge >= 0.3 is 0 Å². The molecule has 1 aromatic heterocycles. The van der Waals surface area contributed by atoms with Gasteiger partial charge in [0.1, 0.15) is 17.4 Å². The van der Waals surface area contributed by atoms with Gasteiger partial charge in [0.05, 0.1) is 0 Å². The summed E-state index contributed by atoms with van der Waals surface area (Å²) in [6.07, 6.45) is 0. The van der Waals surface area contributed by atoms with E-state index in [1.54, 1.807) is 24.6 Å².